The molecule has 1 aromatic carbocycles. The molecule has 1 N–H and O–H groups in total. The van der Waals surface area contributed by atoms with Crippen molar-refractivity contribution in [1.82, 2.24) is 24.8 Å². The minimum Gasteiger partial charge on any atom is -0.480 e. The summed E-state index contributed by atoms with van der Waals surface area (Å²) in [7, 11) is 0. The number of benzene rings is 1. The van der Waals surface area contributed by atoms with Gasteiger partial charge < -0.3 is 14.2 Å². The molecule has 0 saturated heterocycles. The van der Waals surface area contributed by atoms with Gasteiger partial charge in [-0.25, -0.2) is 0 Å². The molecule has 26 heavy (non-hydrogen) atoms. The standard InChI is InChI=1S/C18H19N5O3/c1-11-3-5-13(6-4-11)15-7-14(26-21-15)8-22-10-17-20-19-12(2)23(17)9-16(22)18(24)25/h3-7,16H,8-10H2,1-2H3,(H,24,25). The van der Waals surface area contributed by atoms with Crippen molar-refractivity contribution in [2.75, 3.05) is 0 Å². The summed E-state index contributed by atoms with van der Waals surface area (Å²) in [6, 6.07) is 9.21. The summed E-state index contributed by atoms with van der Waals surface area (Å²) in [6.07, 6.45) is 0. The summed E-state index contributed by atoms with van der Waals surface area (Å²) in [5.74, 6) is 1.24. The maximum absolute atomic E-state index is 11.7. The van der Waals surface area contributed by atoms with Crippen molar-refractivity contribution in [3.63, 3.8) is 0 Å². The number of aryl methyl sites for hydroxylation is 2. The van der Waals surface area contributed by atoms with Crippen LogP contribution in [0.25, 0.3) is 11.3 Å². The van der Waals surface area contributed by atoms with E-state index in [1.807, 2.05) is 53.6 Å². The van der Waals surface area contributed by atoms with Gasteiger partial charge in [0.15, 0.2) is 5.76 Å². The van der Waals surface area contributed by atoms with Crippen molar-refractivity contribution >= 4 is 5.97 Å². The average molecular weight is 353 g/mol. The first kappa shape index (κ1) is 16.5. The number of aromatic nitrogens is 4. The highest BCUT2D eigenvalue weighted by atomic mass is 16.5. The van der Waals surface area contributed by atoms with Crippen molar-refractivity contribution in [3.05, 3.63) is 53.3 Å². The van der Waals surface area contributed by atoms with Crippen LogP contribution in [0.15, 0.2) is 34.9 Å². The normalized spacial score (nSPS) is 17.2. The van der Waals surface area contributed by atoms with E-state index in [-0.39, 0.29) is 0 Å². The molecule has 0 aliphatic carbocycles. The van der Waals surface area contributed by atoms with Crippen LogP contribution in [0.5, 0.6) is 0 Å². The fourth-order valence-corrected chi connectivity index (χ4v) is 3.21. The molecule has 1 atom stereocenters. The zero-order chi connectivity index (χ0) is 18.3. The average Bonchev–Trinajstić information content (AvgIpc) is 3.22. The van der Waals surface area contributed by atoms with E-state index in [4.69, 9.17) is 4.52 Å². The maximum atomic E-state index is 11.7. The van der Waals surface area contributed by atoms with E-state index in [9.17, 15) is 9.90 Å². The summed E-state index contributed by atoms with van der Waals surface area (Å²) >= 11 is 0. The van der Waals surface area contributed by atoms with Gasteiger partial charge in [0.1, 0.15) is 23.4 Å². The molecule has 1 aliphatic heterocycles. The number of nitrogens with zero attached hydrogens (tertiary/aromatic N) is 5. The molecule has 1 unspecified atom stereocenters. The topological polar surface area (TPSA) is 97.3 Å². The molecule has 3 aromatic rings. The summed E-state index contributed by atoms with van der Waals surface area (Å²) in [5, 5.41) is 21.9. The maximum Gasteiger partial charge on any atom is 0.322 e. The summed E-state index contributed by atoms with van der Waals surface area (Å²) in [4.78, 5) is 13.5. The van der Waals surface area contributed by atoms with Gasteiger partial charge in [-0.15, -0.1) is 10.2 Å². The van der Waals surface area contributed by atoms with Gasteiger partial charge in [-0.2, -0.15) is 0 Å². The summed E-state index contributed by atoms with van der Waals surface area (Å²) in [6.45, 7) is 4.93. The third kappa shape index (κ3) is 2.99. The van der Waals surface area contributed by atoms with Gasteiger partial charge in [0.2, 0.25) is 0 Å². The van der Waals surface area contributed by atoms with E-state index in [2.05, 4.69) is 15.4 Å². The zero-order valence-corrected chi connectivity index (χ0v) is 14.6. The Morgan fingerprint density at radius 2 is 2.04 bits per heavy atom. The Kier molecular flexibility index (Phi) is 4.04. The van der Waals surface area contributed by atoms with E-state index >= 15 is 0 Å². The molecule has 8 heteroatoms. The first-order valence-electron chi connectivity index (χ1n) is 8.39. The lowest BCUT2D eigenvalue weighted by atomic mass is 10.1. The molecule has 0 fully saturated rings. The van der Waals surface area contributed by atoms with E-state index in [1.54, 1.807) is 0 Å². The van der Waals surface area contributed by atoms with Crippen LogP contribution >= 0.6 is 0 Å². The third-order valence-corrected chi connectivity index (χ3v) is 4.70. The lowest BCUT2D eigenvalue weighted by molar-refractivity contribution is -0.145. The molecule has 2 aromatic heterocycles. The summed E-state index contributed by atoms with van der Waals surface area (Å²) < 4.78 is 7.30. The number of carbonyl (C=O) groups is 1. The van der Waals surface area contributed by atoms with Crippen LogP contribution in [0, 0.1) is 13.8 Å². The molecule has 0 spiro atoms. The fraction of sp³-hybridized carbons (Fsp3) is 0.333. The Labute approximate surface area is 150 Å². The highest BCUT2D eigenvalue weighted by Gasteiger charge is 2.34. The molecule has 134 valence electrons. The molecule has 4 rings (SSSR count). The van der Waals surface area contributed by atoms with E-state index in [0.717, 1.165) is 22.9 Å². The van der Waals surface area contributed by atoms with Gasteiger partial charge in [-0.3, -0.25) is 9.69 Å². The highest BCUT2D eigenvalue weighted by molar-refractivity contribution is 5.73. The van der Waals surface area contributed by atoms with Crippen LogP contribution in [-0.4, -0.2) is 41.9 Å². The van der Waals surface area contributed by atoms with Gasteiger partial charge in [0, 0.05) is 11.6 Å². The quantitative estimate of drug-likeness (QED) is 0.766. The predicted octanol–water partition coefficient (Wildman–Crippen LogP) is 2.02. The van der Waals surface area contributed by atoms with Gasteiger partial charge in [0.25, 0.3) is 0 Å². The molecule has 8 nitrogen and oxygen atoms in total. The molecule has 1 aliphatic rings. The Bertz CT molecular complexity index is 944. The van der Waals surface area contributed by atoms with Crippen molar-refractivity contribution in [2.45, 2.75) is 39.5 Å². The second-order valence-electron chi connectivity index (χ2n) is 6.58. The Balaban J connectivity index is 1.56. The van der Waals surface area contributed by atoms with Crippen LogP contribution in [0.4, 0.5) is 0 Å². The van der Waals surface area contributed by atoms with E-state index in [0.29, 0.717) is 25.4 Å². The third-order valence-electron chi connectivity index (χ3n) is 4.70. The minimum atomic E-state index is -0.873. The fourth-order valence-electron chi connectivity index (χ4n) is 3.21. The Morgan fingerprint density at radius 1 is 1.27 bits per heavy atom. The van der Waals surface area contributed by atoms with Crippen LogP contribution in [0.1, 0.15) is 23.0 Å². The monoisotopic (exact) mass is 353 g/mol. The molecular formula is C18H19N5O3. The lowest BCUT2D eigenvalue weighted by Gasteiger charge is -2.32. The van der Waals surface area contributed by atoms with Gasteiger partial charge in [-0.05, 0) is 13.8 Å². The molecule has 0 bridgehead atoms. The van der Waals surface area contributed by atoms with Gasteiger partial charge in [-0.1, -0.05) is 35.0 Å². The first-order valence-corrected chi connectivity index (χ1v) is 8.39. The van der Waals surface area contributed by atoms with Gasteiger partial charge in [0.05, 0.1) is 19.6 Å². The number of hydrogen-bond donors (Lipinski definition) is 1. The van der Waals surface area contributed by atoms with E-state index in [1.165, 1.54) is 5.56 Å². The van der Waals surface area contributed by atoms with Crippen molar-refractivity contribution in [2.24, 2.45) is 0 Å². The summed E-state index contributed by atoms with van der Waals surface area (Å²) in [5.41, 5.74) is 2.88. The first-order chi connectivity index (χ1) is 12.5. The SMILES string of the molecule is Cc1ccc(-c2cc(CN3Cc4nnc(C)n4CC3C(=O)O)on2)cc1. The molecule has 0 radical (unpaired) electrons. The van der Waals surface area contributed by atoms with Crippen LogP contribution in [0.3, 0.4) is 0 Å². The number of carboxylic acids is 1. The highest BCUT2D eigenvalue weighted by Crippen LogP contribution is 2.24. The molecule has 0 saturated carbocycles. The largest absolute Gasteiger partial charge is 0.480 e. The number of hydrogen-bond acceptors (Lipinski definition) is 6. The Morgan fingerprint density at radius 3 is 2.77 bits per heavy atom. The minimum absolute atomic E-state index is 0.322. The van der Waals surface area contributed by atoms with Crippen LogP contribution < -0.4 is 0 Å². The van der Waals surface area contributed by atoms with Crippen molar-refractivity contribution in [3.8, 4) is 11.3 Å². The second-order valence-corrected chi connectivity index (χ2v) is 6.58. The van der Waals surface area contributed by atoms with Crippen LogP contribution in [0.2, 0.25) is 0 Å². The number of aliphatic carboxylic acids is 1. The zero-order valence-electron chi connectivity index (χ0n) is 14.6. The van der Waals surface area contributed by atoms with Crippen molar-refractivity contribution in [1.29, 1.82) is 0 Å². The van der Waals surface area contributed by atoms with Crippen LogP contribution in [-0.2, 0) is 24.4 Å². The van der Waals surface area contributed by atoms with E-state index < -0.39 is 12.0 Å². The molecular weight excluding hydrogens is 334 g/mol. The van der Waals surface area contributed by atoms with Gasteiger partial charge >= 0.3 is 5.97 Å². The number of rotatable bonds is 4. The number of carboxylic acid groups (broad SMARTS) is 1. The second kappa shape index (κ2) is 6.38. The number of fused-ring (bicyclic) bond motifs is 1. The molecule has 0 amide bonds. The molecule has 3 heterocycles. The lowest BCUT2D eigenvalue weighted by Crippen LogP contribution is -2.47. The van der Waals surface area contributed by atoms with Crippen molar-refractivity contribution < 1.29 is 14.4 Å². The predicted molar refractivity (Wildman–Crippen MR) is 92.1 cm³/mol. The smallest absolute Gasteiger partial charge is 0.322 e. The Hall–Kier alpha value is -3.00.